The summed E-state index contributed by atoms with van der Waals surface area (Å²) < 4.78 is 46.5. The van der Waals surface area contributed by atoms with Crippen molar-refractivity contribution in [2.75, 3.05) is 0 Å². The van der Waals surface area contributed by atoms with Gasteiger partial charge >= 0.3 is 6.36 Å². The molecule has 0 saturated carbocycles. The lowest BCUT2D eigenvalue weighted by Crippen LogP contribution is -2.17. The van der Waals surface area contributed by atoms with Gasteiger partial charge in [0, 0.05) is 12.5 Å². The predicted molar refractivity (Wildman–Crippen MR) is 68.2 cm³/mol. The molecule has 20 heavy (non-hydrogen) atoms. The first-order chi connectivity index (χ1) is 9.35. The lowest BCUT2D eigenvalue weighted by Gasteiger charge is -2.11. The molecule has 1 aromatic carbocycles. The van der Waals surface area contributed by atoms with E-state index < -0.39 is 6.36 Å². The molecule has 0 bridgehead atoms. The summed E-state index contributed by atoms with van der Waals surface area (Å²) in [6, 6.07) is 9.06. The molecule has 1 atom stereocenters. The second-order valence-corrected chi connectivity index (χ2v) is 4.49. The Morgan fingerprint density at radius 3 is 2.55 bits per heavy atom. The van der Waals surface area contributed by atoms with Crippen LogP contribution in [-0.4, -0.2) is 12.4 Å². The minimum Gasteiger partial charge on any atom is -0.461 e. The number of hydrogen-bond donors (Lipinski definition) is 1. The van der Waals surface area contributed by atoms with Crippen LogP contribution in [0.25, 0.3) is 11.3 Å². The number of hydrogen-bond acceptors (Lipinski definition) is 3. The third-order valence-corrected chi connectivity index (χ3v) is 2.56. The van der Waals surface area contributed by atoms with Crippen LogP contribution in [0.2, 0.25) is 0 Å². The molecule has 2 rings (SSSR count). The largest absolute Gasteiger partial charge is 0.573 e. The molecule has 1 heterocycles. The molecule has 0 saturated heterocycles. The van der Waals surface area contributed by atoms with Gasteiger partial charge < -0.3 is 14.9 Å². The standard InChI is InChI=1S/C14H14F3NO2/c1-9(18)8-10-6-7-12(19-10)11-4-2-3-5-13(11)20-14(15,16)17/h2-7,9H,8,18H2,1H3. The third-order valence-electron chi connectivity index (χ3n) is 2.56. The maximum atomic E-state index is 12.3. The van der Waals surface area contributed by atoms with Crippen molar-refractivity contribution in [3.63, 3.8) is 0 Å². The Bertz CT molecular complexity index is 576. The fraction of sp³-hybridized carbons (Fsp3) is 0.286. The third kappa shape index (κ3) is 3.77. The molecule has 1 unspecified atom stereocenters. The molecule has 2 N–H and O–H groups in total. The molecule has 0 aliphatic heterocycles. The average Bonchev–Trinajstić information content (AvgIpc) is 2.75. The number of benzene rings is 1. The van der Waals surface area contributed by atoms with Crippen LogP contribution in [0.4, 0.5) is 13.2 Å². The van der Waals surface area contributed by atoms with E-state index in [4.69, 9.17) is 10.2 Å². The molecule has 0 radical (unpaired) electrons. The van der Waals surface area contributed by atoms with Gasteiger partial charge in [-0.25, -0.2) is 0 Å². The van der Waals surface area contributed by atoms with Crippen molar-refractivity contribution >= 4 is 0 Å². The summed E-state index contributed by atoms with van der Waals surface area (Å²) in [5, 5.41) is 0. The van der Waals surface area contributed by atoms with Crippen LogP contribution in [0.5, 0.6) is 5.75 Å². The van der Waals surface area contributed by atoms with Crippen LogP contribution in [-0.2, 0) is 6.42 Å². The zero-order chi connectivity index (χ0) is 14.8. The lowest BCUT2D eigenvalue weighted by atomic mass is 10.1. The molecular weight excluding hydrogens is 271 g/mol. The Balaban J connectivity index is 2.30. The van der Waals surface area contributed by atoms with E-state index in [1.807, 2.05) is 6.92 Å². The Morgan fingerprint density at radius 2 is 1.90 bits per heavy atom. The Labute approximate surface area is 114 Å². The van der Waals surface area contributed by atoms with Crippen LogP contribution in [0.3, 0.4) is 0 Å². The quantitative estimate of drug-likeness (QED) is 0.931. The molecule has 0 aliphatic rings. The molecule has 108 valence electrons. The zero-order valence-electron chi connectivity index (χ0n) is 10.8. The number of furan rings is 1. The summed E-state index contributed by atoms with van der Waals surface area (Å²) in [7, 11) is 0. The van der Waals surface area contributed by atoms with Gasteiger partial charge in [-0.15, -0.1) is 13.2 Å². The summed E-state index contributed by atoms with van der Waals surface area (Å²) in [6.45, 7) is 1.82. The fourth-order valence-corrected chi connectivity index (χ4v) is 1.83. The molecule has 0 aliphatic carbocycles. The first kappa shape index (κ1) is 14.5. The van der Waals surface area contributed by atoms with Gasteiger partial charge in [-0.3, -0.25) is 0 Å². The van der Waals surface area contributed by atoms with Crippen molar-refractivity contribution in [1.29, 1.82) is 0 Å². The fourth-order valence-electron chi connectivity index (χ4n) is 1.83. The van der Waals surface area contributed by atoms with Crippen molar-refractivity contribution in [3.05, 3.63) is 42.2 Å². The van der Waals surface area contributed by atoms with Crippen molar-refractivity contribution in [3.8, 4) is 17.1 Å². The van der Waals surface area contributed by atoms with E-state index in [-0.39, 0.29) is 17.4 Å². The SMILES string of the molecule is CC(N)Cc1ccc(-c2ccccc2OC(F)(F)F)o1. The van der Waals surface area contributed by atoms with Gasteiger partial charge in [0.15, 0.2) is 0 Å². The smallest absolute Gasteiger partial charge is 0.461 e. The minimum absolute atomic E-state index is 0.0873. The maximum absolute atomic E-state index is 12.3. The first-order valence-corrected chi connectivity index (χ1v) is 6.04. The van der Waals surface area contributed by atoms with Crippen molar-refractivity contribution in [2.45, 2.75) is 25.7 Å². The number of halogens is 3. The van der Waals surface area contributed by atoms with E-state index in [0.717, 1.165) is 0 Å². The van der Waals surface area contributed by atoms with E-state index in [0.29, 0.717) is 17.9 Å². The van der Waals surface area contributed by atoms with Gasteiger partial charge in [0.05, 0.1) is 5.56 Å². The molecule has 6 heteroatoms. The molecule has 1 aromatic heterocycles. The second-order valence-electron chi connectivity index (χ2n) is 4.49. The van der Waals surface area contributed by atoms with Crippen LogP contribution in [0, 0.1) is 0 Å². The number of para-hydroxylation sites is 1. The summed E-state index contributed by atoms with van der Waals surface area (Å²) in [5.74, 6) is 0.652. The highest BCUT2D eigenvalue weighted by atomic mass is 19.4. The van der Waals surface area contributed by atoms with Gasteiger partial charge in [0.2, 0.25) is 0 Å². The Kier molecular flexibility index (Phi) is 4.04. The zero-order valence-corrected chi connectivity index (χ0v) is 10.8. The summed E-state index contributed by atoms with van der Waals surface area (Å²) in [4.78, 5) is 0. The van der Waals surface area contributed by atoms with Crippen LogP contribution in [0.15, 0.2) is 40.8 Å². The predicted octanol–water partition coefficient (Wildman–Crippen LogP) is 3.73. The Morgan fingerprint density at radius 1 is 1.20 bits per heavy atom. The Hall–Kier alpha value is -1.95. The lowest BCUT2D eigenvalue weighted by molar-refractivity contribution is -0.274. The number of alkyl halides is 3. The second kappa shape index (κ2) is 5.58. The van der Waals surface area contributed by atoms with E-state index in [2.05, 4.69) is 4.74 Å². The number of ether oxygens (including phenoxy) is 1. The maximum Gasteiger partial charge on any atom is 0.573 e. The topological polar surface area (TPSA) is 48.4 Å². The van der Waals surface area contributed by atoms with Gasteiger partial charge in [-0.1, -0.05) is 12.1 Å². The number of nitrogens with two attached hydrogens (primary N) is 1. The van der Waals surface area contributed by atoms with Crippen LogP contribution in [0.1, 0.15) is 12.7 Å². The molecule has 0 amide bonds. The molecule has 3 nitrogen and oxygen atoms in total. The van der Waals surface area contributed by atoms with Gasteiger partial charge in [0.25, 0.3) is 0 Å². The number of rotatable bonds is 4. The van der Waals surface area contributed by atoms with E-state index >= 15 is 0 Å². The molecular formula is C14H14F3NO2. The highest BCUT2D eigenvalue weighted by Crippen LogP contribution is 2.34. The monoisotopic (exact) mass is 285 g/mol. The van der Waals surface area contributed by atoms with Gasteiger partial charge in [-0.05, 0) is 31.2 Å². The average molecular weight is 285 g/mol. The van der Waals surface area contributed by atoms with Gasteiger partial charge in [-0.2, -0.15) is 0 Å². The summed E-state index contributed by atoms with van der Waals surface area (Å²) in [5.41, 5.74) is 5.90. The summed E-state index contributed by atoms with van der Waals surface area (Å²) in [6.07, 6.45) is -4.22. The molecule has 0 fully saturated rings. The van der Waals surface area contributed by atoms with Crippen LogP contribution < -0.4 is 10.5 Å². The highest BCUT2D eigenvalue weighted by Gasteiger charge is 2.32. The molecule has 2 aromatic rings. The van der Waals surface area contributed by atoms with Crippen LogP contribution >= 0.6 is 0 Å². The van der Waals surface area contributed by atoms with E-state index in [1.165, 1.54) is 18.2 Å². The van der Waals surface area contributed by atoms with Crippen molar-refractivity contribution < 1.29 is 22.3 Å². The first-order valence-electron chi connectivity index (χ1n) is 6.04. The van der Waals surface area contributed by atoms with E-state index in [1.54, 1.807) is 18.2 Å². The van der Waals surface area contributed by atoms with Crippen molar-refractivity contribution in [1.82, 2.24) is 0 Å². The van der Waals surface area contributed by atoms with Gasteiger partial charge in [0.1, 0.15) is 17.3 Å². The minimum atomic E-state index is -4.74. The van der Waals surface area contributed by atoms with E-state index in [9.17, 15) is 13.2 Å². The molecule has 0 spiro atoms. The summed E-state index contributed by atoms with van der Waals surface area (Å²) >= 11 is 0. The normalized spacial score (nSPS) is 13.2. The highest BCUT2D eigenvalue weighted by molar-refractivity contribution is 5.65. The van der Waals surface area contributed by atoms with Crippen molar-refractivity contribution in [2.24, 2.45) is 5.73 Å².